The fraction of sp³-hybridized carbons (Fsp3) is 0.227. The molecule has 1 unspecified atom stereocenters. The Labute approximate surface area is 171 Å². The molecule has 154 valence electrons. The van der Waals surface area contributed by atoms with Crippen LogP contribution in [0.25, 0.3) is 22.0 Å². The molecule has 0 radical (unpaired) electrons. The first kappa shape index (κ1) is 19.9. The Bertz CT molecular complexity index is 1140. The van der Waals surface area contributed by atoms with Crippen LogP contribution in [-0.4, -0.2) is 39.0 Å². The molecule has 0 spiro atoms. The van der Waals surface area contributed by atoms with Gasteiger partial charge in [0.05, 0.1) is 18.3 Å². The summed E-state index contributed by atoms with van der Waals surface area (Å²) in [6.45, 7) is 1.12. The number of hydrogen-bond acceptors (Lipinski definition) is 4. The Morgan fingerprint density at radius 2 is 1.80 bits per heavy atom. The van der Waals surface area contributed by atoms with Gasteiger partial charge in [-0.15, -0.1) is 0 Å². The molecule has 0 bridgehead atoms. The SMILES string of the molecule is Cn1cc(-c2ccc3c(N4CCC(F)C4)ncnc3c2)cn1.Fc1cccc(F)c1. The molecule has 1 aliphatic rings. The van der Waals surface area contributed by atoms with E-state index in [1.165, 1.54) is 18.2 Å². The first-order valence-electron chi connectivity index (χ1n) is 9.53. The van der Waals surface area contributed by atoms with Crippen molar-refractivity contribution < 1.29 is 13.2 Å². The number of nitrogens with zero attached hydrogens (tertiary/aromatic N) is 5. The zero-order valence-corrected chi connectivity index (χ0v) is 16.3. The van der Waals surface area contributed by atoms with Crippen molar-refractivity contribution in [2.75, 3.05) is 18.0 Å². The molecule has 1 atom stereocenters. The maximum atomic E-state index is 13.5. The average molecular weight is 411 g/mol. The Morgan fingerprint density at radius 1 is 1.00 bits per heavy atom. The second kappa shape index (κ2) is 8.52. The van der Waals surface area contributed by atoms with E-state index in [1.807, 2.05) is 42.5 Å². The van der Waals surface area contributed by atoms with Gasteiger partial charge in [0.2, 0.25) is 0 Å². The molecule has 1 fully saturated rings. The van der Waals surface area contributed by atoms with Crippen LogP contribution >= 0.6 is 0 Å². The molecule has 0 aliphatic carbocycles. The molecule has 2 aromatic heterocycles. The van der Waals surface area contributed by atoms with Gasteiger partial charge in [-0.25, -0.2) is 23.1 Å². The number of hydrogen-bond donors (Lipinski definition) is 0. The Kier molecular flexibility index (Phi) is 5.65. The van der Waals surface area contributed by atoms with Crippen molar-refractivity contribution in [1.82, 2.24) is 19.7 Å². The van der Waals surface area contributed by atoms with Crippen molar-refractivity contribution >= 4 is 16.7 Å². The Morgan fingerprint density at radius 3 is 2.40 bits per heavy atom. The smallest absolute Gasteiger partial charge is 0.139 e. The van der Waals surface area contributed by atoms with Crippen molar-refractivity contribution in [2.45, 2.75) is 12.6 Å². The van der Waals surface area contributed by atoms with Crippen LogP contribution in [0.2, 0.25) is 0 Å². The van der Waals surface area contributed by atoms with E-state index in [9.17, 15) is 13.2 Å². The number of rotatable bonds is 2. The maximum absolute atomic E-state index is 13.5. The minimum atomic E-state index is -0.764. The summed E-state index contributed by atoms with van der Waals surface area (Å²) < 4.78 is 39.1. The zero-order valence-electron chi connectivity index (χ0n) is 16.3. The Balaban J connectivity index is 0.000000230. The van der Waals surface area contributed by atoms with E-state index in [4.69, 9.17) is 0 Å². The van der Waals surface area contributed by atoms with Crippen LogP contribution in [0.1, 0.15) is 6.42 Å². The van der Waals surface area contributed by atoms with E-state index in [1.54, 1.807) is 11.0 Å². The molecular formula is C22H20F3N5. The van der Waals surface area contributed by atoms with Gasteiger partial charge in [-0.1, -0.05) is 12.1 Å². The summed E-state index contributed by atoms with van der Waals surface area (Å²) in [7, 11) is 1.89. The fourth-order valence-electron chi connectivity index (χ4n) is 3.41. The fourth-order valence-corrected chi connectivity index (χ4v) is 3.41. The average Bonchev–Trinajstić information content (AvgIpc) is 3.36. The number of benzene rings is 2. The van der Waals surface area contributed by atoms with Crippen LogP contribution in [0.4, 0.5) is 19.0 Å². The summed E-state index contributed by atoms with van der Waals surface area (Å²) >= 11 is 0. The van der Waals surface area contributed by atoms with E-state index in [0.717, 1.165) is 33.9 Å². The van der Waals surface area contributed by atoms with Gasteiger partial charge in [0.25, 0.3) is 0 Å². The van der Waals surface area contributed by atoms with E-state index >= 15 is 0 Å². The van der Waals surface area contributed by atoms with Gasteiger partial charge in [-0.05, 0) is 36.2 Å². The minimum Gasteiger partial charge on any atom is -0.353 e. The van der Waals surface area contributed by atoms with Crippen LogP contribution in [0.3, 0.4) is 0 Å². The largest absolute Gasteiger partial charge is 0.353 e. The quantitative estimate of drug-likeness (QED) is 0.486. The van der Waals surface area contributed by atoms with Gasteiger partial charge < -0.3 is 4.90 Å². The molecule has 30 heavy (non-hydrogen) atoms. The molecule has 0 saturated carbocycles. The third-order valence-corrected chi connectivity index (χ3v) is 4.87. The topological polar surface area (TPSA) is 46.8 Å². The van der Waals surface area contributed by atoms with E-state index < -0.39 is 17.8 Å². The highest BCUT2D eigenvalue weighted by Crippen LogP contribution is 2.30. The second-order valence-corrected chi connectivity index (χ2v) is 7.10. The van der Waals surface area contributed by atoms with Crippen LogP contribution < -0.4 is 4.90 Å². The second-order valence-electron chi connectivity index (χ2n) is 7.10. The minimum absolute atomic E-state index is 0.413. The summed E-state index contributed by atoms with van der Waals surface area (Å²) in [4.78, 5) is 10.7. The van der Waals surface area contributed by atoms with Crippen molar-refractivity contribution in [3.05, 3.63) is 72.8 Å². The van der Waals surface area contributed by atoms with Crippen molar-refractivity contribution in [1.29, 1.82) is 0 Å². The van der Waals surface area contributed by atoms with E-state index in [0.29, 0.717) is 19.5 Å². The van der Waals surface area contributed by atoms with Gasteiger partial charge in [-0.2, -0.15) is 5.10 Å². The highest BCUT2D eigenvalue weighted by molar-refractivity contribution is 5.92. The first-order chi connectivity index (χ1) is 14.5. The zero-order chi connectivity index (χ0) is 21.1. The normalized spacial score (nSPS) is 15.9. The number of alkyl halides is 1. The third kappa shape index (κ3) is 4.42. The summed E-state index contributed by atoms with van der Waals surface area (Å²) in [5.41, 5.74) is 2.98. The highest BCUT2D eigenvalue weighted by Gasteiger charge is 2.24. The van der Waals surface area contributed by atoms with Crippen LogP contribution in [-0.2, 0) is 7.05 Å². The lowest BCUT2D eigenvalue weighted by Crippen LogP contribution is -2.21. The monoisotopic (exact) mass is 411 g/mol. The summed E-state index contributed by atoms with van der Waals surface area (Å²) in [5.74, 6) is -0.252. The molecule has 0 amide bonds. The van der Waals surface area contributed by atoms with Gasteiger partial charge in [0, 0.05) is 36.8 Å². The lowest BCUT2D eigenvalue weighted by molar-refractivity contribution is 0.364. The third-order valence-electron chi connectivity index (χ3n) is 4.87. The van der Waals surface area contributed by atoms with Crippen LogP contribution in [0, 0.1) is 11.6 Å². The van der Waals surface area contributed by atoms with Crippen LogP contribution in [0.15, 0.2) is 61.2 Å². The predicted molar refractivity (Wildman–Crippen MR) is 110 cm³/mol. The number of halogens is 3. The number of aryl methyl sites for hydroxylation is 1. The summed E-state index contributed by atoms with van der Waals surface area (Å²) in [6.07, 6.45) is 5.16. The van der Waals surface area contributed by atoms with Crippen LogP contribution in [0.5, 0.6) is 0 Å². The Hall–Kier alpha value is -3.42. The molecule has 3 heterocycles. The molecular weight excluding hydrogens is 391 g/mol. The number of fused-ring (bicyclic) bond motifs is 1. The molecule has 4 aromatic rings. The number of anilines is 1. The summed E-state index contributed by atoms with van der Waals surface area (Å²) in [5, 5.41) is 5.16. The van der Waals surface area contributed by atoms with E-state index in [-0.39, 0.29) is 0 Å². The molecule has 1 aliphatic heterocycles. The van der Waals surface area contributed by atoms with E-state index in [2.05, 4.69) is 15.1 Å². The van der Waals surface area contributed by atoms with Gasteiger partial charge in [-0.3, -0.25) is 4.68 Å². The molecule has 5 nitrogen and oxygen atoms in total. The van der Waals surface area contributed by atoms with Crippen molar-refractivity contribution in [3.63, 3.8) is 0 Å². The summed E-state index contributed by atoms with van der Waals surface area (Å²) in [6, 6.07) is 10.6. The highest BCUT2D eigenvalue weighted by atomic mass is 19.1. The molecule has 0 N–H and O–H groups in total. The standard InChI is InChI=1S/C16H16FN5.C6H4F2/c1-21-8-12(7-20-21)11-2-3-14-15(6-11)18-10-19-16(14)22-5-4-13(17)9-22;7-5-2-1-3-6(8)4-5/h2-3,6-8,10,13H,4-5,9H2,1H3;1-4H. The number of aromatic nitrogens is 4. The molecule has 1 saturated heterocycles. The maximum Gasteiger partial charge on any atom is 0.139 e. The predicted octanol–water partition coefficient (Wildman–Crippen LogP) is 4.54. The molecule has 2 aromatic carbocycles. The van der Waals surface area contributed by atoms with Gasteiger partial charge in [0.15, 0.2) is 0 Å². The molecule has 8 heteroatoms. The van der Waals surface area contributed by atoms with Gasteiger partial charge in [0.1, 0.15) is 30.0 Å². The first-order valence-corrected chi connectivity index (χ1v) is 9.53. The van der Waals surface area contributed by atoms with Crippen molar-refractivity contribution in [3.8, 4) is 11.1 Å². The van der Waals surface area contributed by atoms with Crippen molar-refractivity contribution in [2.24, 2.45) is 7.05 Å². The lowest BCUT2D eigenvalue weighted by Gasteiger charge is -2.18. The molecule has 5 rings (SSSR count). The lowest BCUT2D eigenvalue weighted by atomic mass is 10.1. The van der Waals surface area contributed by atoms with Gasteiger partial charge >= 0.3 is 0 Å².